The first-order chi connectivity index (χ1) is 8.29. The lowest BCUT2D eigenvalue weighted by atomic mass is 10.0. The first-order valence-electron chi connectivity index (χ1n) is 6.57. The van der Waals surface area contributed by atoms with Crippen LogP contribution in [0.2, 0.25) is 0 Å². The highest BCUT2D eigenvalue weighted by Gasteiger charge is 1.95. The van der Waals surface area contributed by atoms with E-state index in [2.05, 4.69) is 32.2 Å². The average Bonchev–Trinajstić information content (AvgIpc) is 2.42. The molecule has 0 aliphatic rings. The zero-order chi connectivity index (χ0) is 14.1. The van der Waals surface area contributed by atoms with E-state index >= 15 is 0 Å². The summed E-state index contributed by atoms with van der Waals surface area (Å²) in [5, 5.41) is 0. The maximum atomic E-state index is 3.70. The smallest absolute Gasteiger partial charge is 0.0267 e. The Bertz CT molecular complexity index is 249. The van der Waals surface area contributed by atoms with Crippen molar-refractivity contribution in [3.8, 4) is 0 Å². The molecule has 0 saturated heterocycles. The minimum absolute atomic E-state index is 1.02. The Morgan fingerprint density at radius 2 is 1.53 bits per heavy atom. The standard InChI is InChI=1S/C13H18.2C2H6/c1-5-9-11-13(8-4)12(7-3)10-6-2;2*1-2/h5-6,8-11H,1-2,7H2,3-4H3;2*1-2H3/b11-9-,12-10+,13-8+;;. The summed E-state index contributed by atoms with van der Waals surface area (Å²) in [6.07, 6.45) is 12.8. The topological polar surface area (TPSA) is 0 Å². The molecule has 0 aliphatic carbocycles. The van der Waals surface area contributed by atoms with E-state index < -0.39 is 0 Å². The van der Waals surface area contributed by atoms with E-state index in [1.807, 2.05) is 52.8 Å². The van der Waals surface area contributed by atoms with Crippen LogP contribution in [0.25, 0.3) is 0 Å². The van der Waals surface area contributed by atoms with Crippen LogP contribution in [0.15, 0.2) is 60.8 Å². The summed E-state index contributed by atoms with van der Waals surface area (Å²) in [7, 11) is 0. The van der Waals surface area contributed by atoms with Crippen LogP contribution < -0.4 is 0 Å². The summed E-state index contributed by atoms with van der Waals surface area (Å²) >= 11 is 0. The Balaban J connectivity index is -0.000000439. The second-order valence-electron chi connectivity index (χ2n) is 2.62. The minimum atomic E-state index is 1.02. The lowest BCUT2D eigenvalue weighted by molar-refractivity contribution is 1.12. The maximum Gasteiger partial charge on any atom is -0.0267 e. The van der Waals surface area contributed by atoms with E-state index in [4.69, 9.17) is 0 Å². The van der Waals surface area contributed by atoms with Crippen LogP contribution in [0.5, 0.6) is 0 Å². The molecule has 17 heavy (non-hydrogen) atoms. The van der Waals surface area contributed by atoms with Gasteiger partial charge in [-0.25, -0.2) is 0 Å². The number of hydrogen-bond donors (Lipinski definition) is 0. The van der Waals surface area contributed by atoms with Crippen LogP contribution >= 0.6 is 0 Å². The van der Waals surface area contributed by atoms with Crippen molar-refractivity contribution in [2.24, 2.45) is 0 Å². The maximum absolute atomic E-state index is 3.70. The van der Waals surface area contributed by atoms with Gasteiger partial charge in [0.2, 0.25) is 0 Å². The molecule has 0 bridgehead atoms. The monoisotopic (exact) mass is 234 g/mol. The molecule has 0 fully saturated rings. The lowest BCUT2D eigenvalue weighted by Crippen LogP contribution is -1.83. The van der Waals surface area contributed by atoms with Crippen LogP contribution in [0, 0.1) is 0 Å². The third kappa shape index (κ3) is 12.6. The molecule has 0 rings (SSSR count). The van der Waals surface area contributed by atoms with Crippen LogP contribution in [0.4, 0.5) is 0 Å². The molecule has 0 radical (unpaired) electrons. The van der Waals surface area contributed by atoms with E-state index in [9.17, 15) is 0 Å². The number of allylic oxidation sites excluding steroid dienone is 8. The summed E-state index contributed by atoms with van der Waals surface area (Å²) < 4.78 is 0. The van der Waals surface area contributed by atoms with Gasteiger partial charge in [-0.05, 0) is 24.5 Å². The van der Waals surface area contributed by atoms with Gasteiger partial charge in [0.15, 0.2) is 0 Å². The Kier molecular flexibility index (Phi) is 24.9. The van der Waals surface area contributed by atoms with Crippen LogP contribution in [0.1, 0.15) is 48.0 Å². The first kappa shape index (κ1) is 21.0. The van der Waals surface area contributed by atoms with E-state index in [-0.39, 0.29) is 0 Å². The molecule has 0 spiro atoms. The van der Waals surface area contributed by atoms with E-state index in [0.29, 0.717) is 0 Å². The molecular weight excluding hydrogens is 204 g/mol. The van der Waals surface area contributed by atoms with Crippen molar-refractivity contribution in [3.05, 3.63) is 60.8 Å². The number of hydrogen-bond acceptors (Lipinski definition) is 0. The predicted octanol–water partition coefficient (Wildman–Crippen LogP) is 6.25. The van der Waals surface area contributed by atoms with E-state index in [1.54, 1.807) is 6.08 Å². The normalized spacial score (nSPS) is 10.9. The summed E-state index contributed by atoms with van der Waals surface area (Å²) in [5.74, 6) is 0. The average molecular weight is 234 g/mol. The molecule has 0 N–H and O–H groups in total. The second-order valence-corrected chi connectivity index (χ2v) is 2.62. The third-order valence-electron chi connectivity index (χ3n) is 1.79. The largest absolute Gasteiger partial charge is 0.0991 e. The molecule has 0 aromatic heterocycles. The van der Waals surface area contributed by atoms with Gasteiger partial charge >= 0.3 is 0 Å². The van der Waals surface area contributed by atoms with Crippen molar-refractivity contribution in [2.75, 3.05) is 0 Å². The van der Waals surface area contributed by atoms with Crippen molar-refractivity contribution in [1.82, 2.24) is 0 Å². The van der Waals surface area contributed by atoms with Gasteiger partial charge < -0.3 is 0 Å². The van der Waals surface area contributed by atoms with Gasteiger partial charge in [0, 0.05) is 0 Å². The molecular formula is C17H30. The first-order valence-corrected chi connectivity index (χ1v) is 6.57. The number of rotatable bonds is 5. The van der Waals surface area contributed by atoms with Crippen LogP contribution in [-0.2, 0) is 0 Å². The Morgan fingerprint density at radius 3 is 1.82 bits per heavy atom. The van der Waals surface area contributed by atoms with Gasteiger partial charge in [-0.1, -0.05) is 84.2 Å². The van der Waals surface area contributed by atoms with Gasteiger partial charge in [-0.2, -0.15) is 0 Å². The van der Waals surface area contributed by atoms with E-state index in [1.165, 1.54) is 11.1 Å². The second kappa shape index (κ2) is 20.2. The highest BCUT2D eigenvalue weighted by molar-refractivity contribution is 5.41. The molecule has 98 valence electrons. The summed E-state index contributed by atoms with van der Waals surface area (Å²) in [5.41, 5.74) is 2.54. The van der Waals surface area contributed by atoms with Crippen molar-refractivity contribution in [1.29, 1.82) is 0 Å². The van der Waals surface area contributed by atoms with Crippen LogP contribution in [-0.4, -0.2) is 0 Å². The molecule has 0 saturated carbocycles. The van der Waals surface area contributed by atoms with Crippen molar-refractivity contribution >= 4 is 0 Å². The molecule has 0 heterocycles. The third-order valence-corrected chi connectivity index (χ3v) is 1.79. The molecule has 0 aromatic rings. The van der Waals surface area contributed by atoms with Gasteiger partial charge in [-0.3, -0.25) is 0 Å². The zero-order valence-corrected chi connectivity index (χ0v) is 12.6. The molecule has 0 heteroatoms. The van der Waals surface area contributed by atoms with Crippen molar-refractivity contribution < 1.29 is 0 Å². The highest BCUT2D eigenvalue weighted by Crippen LogP contribution is 2.15. The Labute approximate surface area is 109 Å². The van der Waals surface area contributed by atoms with Crippen LogP contribution in [0.3, 0.4) is 0 Å². The fourth-order valence-corrected chi connectivity index (χ4v) is 1.12. The summed E-state index contributed by atoms with van der Waals surface area (Å²) in [6, 6.07) is 0. The minimum Gasteiger partial charge on any atom is -0.0991 e. The molecule has 0 unspecified atom stereocenters. The summed E-state index contributed by atoms with van der Waals surface area (Å²) in [4.78, 5) is 0. The molecule has 0 amide bonds. The lowest BCUT2D eigenvalue weighted by Gasteiger charge is -2.03. The molecule has 0 nitrogen and oxygen atoms in total. The fraction of sp³-hybridized carbons (Fsp3) is 0.412. The predicted molar refractivity (Wildman–Crippen MR) is 84.4 cm³/mol. The van der Waals surface area contributed by atoms with Gasteiger partial charge in [0.1, 0.15) is 0 Å². The Hall–Kier alpha value is -1.30. The molecule has 0 atom stereocenters. The molecule has 0 aliphatic heterocycles. The van der Waals surface area contributed by atoms with Crippen molar-refractivity contribution in [2.45, 2.75) is 48.0 Å². The van der Waals surface area contributed by atoms with Gasteiger partial charge in [-0.15, -0.1) is 0 Å². The Morgan fingerprint density at radius 1 is 1.00 bits per heavy atom. The van der Waals surface area contributed by atoms with E-state index in [0.717, 1.165) is 6.42 Å². The molecule has 0 aromatic carbocycles. The van der Waals surface area contributed by atoms with Crippen molar-refractivity contribution in [3.63, 3.8) is 0 Å². The SMILES string of the molecule is C=C\C=C/C(=C\C)C(=C/C=C)/CC.CC.CC. The van der Waals surface area contributed by atoms with Gasteiger partial charge in [0.05, 0.1) is 0 Å². The zero-order valence-electron chi connectivity index (χ0n) is 12.6. The highest BCUT2D eigenvalue weighted by atomic mass is 14.0. The summed E-state index contributed by atoms with van der Waals surface area (Å²) in [6.45, 7) is 19.5. The van der Waals surface area contributed by atoms with Gasteiger partial charge in [0.25, 0.3) is 0 Å². The quantitative estimate of drug-likeness (QED) is 0.493. The fourth-order valence-electron chi connectivity index (χ4n) is 1.12.